The number of hydrogen-bond donors (Lipinski definition) is 0. The summed E-state index contributed by atoms with van der Waals surface area (Å²) >= 11 is 0. The van der Waals surface area contributed by atoms with Gasteiger partial charge in [-0.15, -0.1) is 10.2 Å². The molecule has 1 aliphatic rings. The van der Waals surface area contributed by atoms with Gasteiger partial charge in [-0.25, -0.2) is 18.6 Å². The van der Waals surface area contributed by atoms with E-state index in [2.05, 4.69) is 30.5 Å². The molecule has 1 rings (SSSR count). The van der Waals surface area contributed by atoms with Crippen LogP contribution in [0.4, 0.5) is 0 Å². The third kappa shape index (κ3) is 7.52. The highest BCUT2D eigenvalue weighted by molar-refractivity contribution is 5.77. The summed E-state index contributed by atoms with van der Waals surface area (Å²) in [5.41, 5.74) is 0. The smallest absolute Gasteiger partial charge is 0.246 e. The first kappa shape index (κ1) is 14.6. The zero-order valence-corrected chi connectivity index (χ0v) is 9.99. The van der Waals surface area contributed by atoms with E-state index >= 15 is 0 Å². The average Bonchev–Trinajstić information content (AvgIpc) is 2.33. The van der Waals surface area contributed by atoms with Crippen molar-refractivity contribution in [1.82, 2.24) is 4.90 Å². The van der Waals surface area contributed by atoms with E-state index in [1.165, 1.54) is 31.8 Å². The lowest BCUT2D eigenvalue weighted by molar-refractivity contribution is -2.00. The van der Waals surface area contributed by atoms with Gasteiger partial charge < -0.3 is 0 Å². The molecule has 1 heterocycles. The fourth-order valence-electron chi connectivity index (χ4n) is 1.45. The number of hydrogen-bond acceptors (Lipinski definition) is 5. The second-order valence-corrected chi connectivity index (χ2v) is 4.14. The lowest BCUT2D eigenvalue weighted by atomic mass is 10.3. The molecule has 7 heteroatoms. The number of rotatable bonds is 2. The molecule has 0 aromatic heterocycles. The van der Waals surface area contributed by atoms with Crippen LogP contribution in [-0.4, -0.2) is 42.5 Å². The molecule has 15 heavy (non-hydrogen) atoms. The predicted molar refractivity (Wildman–Crippen MR) is 43.6 cm³/mol. The summed E-state index contributed by atoms with van der Waals surface area (Å²) in [6, 6.07) is 0. The van der Waals surface area contributed by atoms with E-state index in [0.29, 0.717) is 0 Å². The minimum Gasteiger partial charge on any atom is -0.264 e. The first-order valence-electron chi connectivity index (χ1n) is 4.65. The molecule has 0 aromatic carbocycles. The van der Waals surface area contributed by atoms with Crippen LogP contribution in [0.25, 0.3) is 0 Å². The molecule has 0 saturated carbocycles. The van der Waals surface area contributed by atoms with Crippen LogP contribution in [-0.2, 0) is 0 Å². The molecular formula is C8H17ClN2O4. The van der Waals surface area contributed by atoms with Gasteiger partial charge in [0.2, 0.25) is 5.84 Å². The van der Waals surface area contributed by atoms with Gasteiger partial charge in [0.15, 0.2) is 0 Å². The molecule has 0 radical (unpaired) electrons. The summed E-state index contributed by atoms with van der Waals surface area (Å²) in [5.74, 6) is 1.50. The maximum atomic E-state index is 8.49. The van der Waals surface area contributed by atoms with Crippen molar-refractivity contribution in [3.8, 4) is 0 Å². The van der Waals surface area contributed by atoms with Crippen molar-refractivity contribution in [2.24, 2.45) is 0 Å². The van der Waals surface area contributed by atoms with Crippen LogP contribution in [0.3, 0.4) is 0 Å². The molecule has 0 aromatic rings. The Labute approximate surface area is 91.8 Å². The van der Waals surface area contributed by atoms with Gasteiger partial charge in [-0.2, -0.15) is 0 Å². The van der Waals surface area contributed by atoms with E-state index in [1.54, 1.807) is 0 Å². The van der Waals surface area contributed by atoms with Crippen LogP contribution in [0.2, 0.25) is 0 Å². The third-order valence-corrected chi connectivity index (χ3v) is 2.13. The molecule has 0 unspecified atom stereocenters. The second-order valence-electron chi connectivity index (χ2n) is 3.39. The minimum absolute atomic E-state index is 1.20. The molecule has 6 nitrogen and oxygen atoms in total. The average molecular weight is 241 g/mol. The standard InChI is InChI=1S/C8H17N2.ClHO4/c1-4-5-8-9(2)6-7-10(8)3;2-1(3,4)5/h4-7H2,1-3H3;(H,2,3,4,5)/q+1;/p-1. The molecule has 0 fully saturated rings. The zero-order chi connectivity index (χ0) is 12.1. The minimum atomic E-state index is -4.94. The quantitative estimate of drug-likeness (QED) is 0.459. The van der Waals surface area contributed by atoms with Gasteiger partial charge in [0.1, 0.15) is 13.1 Å². The highest BCUT2D eigenvalue weighted by Gasteiger charge is 2.22. The van der Waals surface area contributed by atoms with E-state index in [9.17, 15) is 0 Å². The van der Waals surface area contributed by atoms with Crippen LogP contribution in [0.15, 0.2) is 0 Å². The molecule has 90 valence electrons. The first-order valence-corrected chi connectivity index (χ1v) is 5.89. The molecule has 0 aliphatic carbocycles. The molecule has 0 N–H and O–H groups in total. The Bertz CT molecular complexity index is 221. The lowest BCUT2D eigenvalue weighted by Gasteiger charge is -2.17. The Hall–Kier alpha value is -0.400. The Morgan fingerprint density at radius 3 is 2.07 bits per heavy atom. The van der Waals surface area contributed by atoms with E-state index < -0.39 is 10.2 Å². The monoisotopic (exact) mass is 240 g/mol. The van der Waals surface area contributed by atoms with Gasteiger partial charge in [-0.05, 0) is 6.42 Å². The predicted octanol–water partition coefficient (Wildman–Crippen LogP) is -3.98. The summed E-state index contributed by atoms with van der Waals surface area (Å²) in [6.07, 6.45) is 2.48. The molecule has 0 bridgehead atoms. The largest absolute Gasteiger partial charge is 0.264 e. The number of likely N-dealkylation sites (N-methyl/N-ethyl adjacent to an activating group) is 2. The van der Waals surface area contributed by atoms with Gasteiger partial charge >= 0.3 is 0 Å². The summed E-state index contributed by atoms with van der Waals surface area (Å²) < 4.78 is 36.3. The van der Waals surface area contributed by atoms with Crippen LogP contribution >= 0.6 is 0 Å². The van der Waals surface area contributed by atoms with Gasteiger partial charge in [0.25, 0.3) is 0 Å². The summed E-state index contributed by atoms with van der Waals surface area (Å²) in [5, 5.41) is 0. The Balaban J connectivity index is 0.000000336. The van der Waals surface area contributed by atoms with Crippen LogP contribution in [0, 0.1) is 10.2 Å². The SMILES string of the molecule is CCCC1=[N+](C)CCN1C.[O-][Cl+3]([O-])([O-])[O-]. The Kier molecular flexibility index (Phi) is 6.07. The summed E-state index contributed by atoms with van der Waals surface area (Å²) in [4.78, 5) is 2.35. The molecule has 0 atom stereocenters. The van der Waals surface area contributed by atoms with Crippen LogP contribution in [0.5, 0.6) is 0 Å². The van der Waals surface area contributed by atoms with Crippen LogP contribution in [0.1, 0.15) is 19.8 Å². The van der Waals surface area contributed by atoms with Crippen molar-refractivity contribution < 1.29 is 33.5 Å². The molecule has 0 spiro atoms. The maximum absolute atomic E-state index is 8.49. The number of amidine groups is 1. The Morgan fingerprint density at radius 1 is 1.33 bits per heavy atom. The van der Waals surface area contributed by atoms with Crippen molar-refractivity contribution >= 4 is 5.84 Å². The zero-order valence-electron chi connectivity index (χ0n) is 9.23. The first-order chi connectivity index (χ1) is 6.75. The fourth-order valence-corrected chi connectivity index (χ4v) is 1.45. The molecular weight excluding hydrogens is 224 g/mol. The molecule has 1 aliphatic heterocycles. The van der Waals surface area contributed by atoms with Crippen molar-refractivity contribution in [2.45, 2.75) is 19.8 Å². The lowest BCUT2D eigenvalue weighted by Crippen LogP contribution is -2.68. The van der Waals surface area contributed by atoms with E-state index in [-0.39, 0.29) is 0 Å². The van der Waals surface area contributed by atoms with Crippen molar-refractivity contribution in [2.75, 3.05) is 27.2 Å². The van der Waals surface area contributed by atoms with Gasteiger partial charge in [0, 0.05) is 6.42 Å². The van der Waals surface area contributed by atoms with Crippen LogP contribution < -0.4 is 18.6 Å². The maximum Gasteiger partial charge on any atom is 0.246 e. The van der Waals surface area contributed by atoms with Crippen molar-refractivity contribution in [1.29, 1.82) is 0 Å². The molecule has 0 amide bonds. The van der Waals surface area contributed by atoms with Gasteiger partial charge in [0.05, 0.1) is 14.1 Å². The van der Waals surface area contributed by atoms with Crippen molar-refractivity contribution in [3.05, 3.63) is 0 Å². The van der Waals surface area contributed by atoms with E-state index in [0.717, 1.165) is 0 Å². The third-order valence-electron chi connectivity index (χ3n) is 2.13. The fraction of sp³-hybridized carbons (Fsp3) is 0.875. The number of halogens is 1. The highest BCUT2D eigenvalue weighted by atomic mass is 35.7. The number of nitrogens with zero attached hydrogens (tertiary/aromatic N) is 2. The van der Waals surface area contributed by atoms with E-state index in [4.69, 9.17) is 18.6 Å². The highest BCUT2D eigenvalue weighted by Crippen LogP contribution is 2.02. The van der Waals surface area contributed by atoms with Crippen molar-refractivity contribution in [3.63, 3.8) is 0 Å². The summed E-state index contributed by atoms with van der Waals surface area (Å²) in [6.45, 7) is 4.63. The topological polar surface area (TPSA) is 98.5 Å². The van der Waals surface area contributed by atoms with Gasteiger partial charge in [-0.1, -0.05) is 6.92 Å². The second kappa shape index (κ2) is 6.24. The van der Waals surface area contributed by atoms with E-state index in [1.807, 2.05) is 0 Å². The molecule has 0 saturated heterocycles. The van der Waals surface area contributed by atoms with Gasteiger partial charge in [-0.3, -0.25) is 9.48 Å². The normalized spacial score (nSPS) is 16.6. The summed E-state index contributed by atoms with van der Waals surface area (Å²) in [7, 11) is -0.594. The Morgan fingerprint density at radius 2 is 1.80 bits per heavy atom.